The Morgan fingerprint density at radius 2 is 1.71 bits per heavy atom. The number of hydrogen-bond acceptors (Lipinski definition) is 2. The second-order valence-corrected chi connectivity index (χ2v) is 4.37. The minimum atomic E-state index is -0.691. The predicted molar refractivity (Wildman–Crippen MR) is 59.9 cm³/mol. The van der Waals surface area contributed by atoms with Crippen LogP contribution in [0.5, 0.6) is 0 Å². The first kappa shape index (κ1) is 13.4. The zero-order valence-corrected chi connectivity index (χ0v) is 10.1. The summed E-state index contributed by atoms with van der Waals surface area (Å²) in [5.74, 6) is 0.417. The van der Waals surface area contributed by atoms with Crippen LogP contribution < -0.4 is 11.1 Å². The van der Waals surface area contributed by atoms with Crippen LogP contribution in [0.4, 0.5) is 0 Å². The molecule has 0 heterocycles. The summed E-state index contributed by atoms with van der Waals surface area (Å²) in [5, 5.41) is 2.96. The Balaban J connectivity index is 4.32. The van der Waals surface area contributed by atoms with Crippen molar-refractivity contribution in [1.29, 1.82) is 0 Å². The summed E-state index contributed by atoms with van der Waals surface area (Å²) in [6.45, 7) is 10.1. The number of nitrogens with two attached hydrogens (primary N) is 1. The molecule has 3 N–H and O–H groups in total. The van der Waals surface area contributed by atoms with Crippen molar-refractivity contribution in [3.8, 4) is 0 Å². The average molecular weight is 200 g/mol. The molecule has 0 aromatic carbocycles. The fourth-order valence-corrected chi connectivity index (χ4v) is 1.09. The number of hydrogen-bond donors (Lipinski definition) is 2. The monoisotopic (exact) mass is 200 g/mol. The van der Waals surface area contributed by atoms with Gasteiger partial charge in [-0.3, -0.25) is 4.79 Å². The molecule has 0 saturated heterocycles. The zero-order chi connectivity index (χ0) is 11.4. The lowest BCUT2D eigenvalue weighted by Crippen LogP contribution is -2.55. The van der Waals surface area contributed by atoms with Gasteiger partial charge in [0.25, 0.3) is 0 Å². The number of carbonyl (C=O) groups excluding carboxylic acids is 1. The van der Waals surface area contributed by atoms with E-state index in [-0.39, 0.29) is 11.9 Å². The summed E-state index contributed by atoms with van der Waals surface area (Å²) in [4.78, 5) is 11.8. The van der Waals surface area contributed by atoms with E-state index in [4.69, 9.17) is 5.73 Å². The second-order valence-electron chi connectivity index (χ2n) is 4.37. The molecule has 1 amide bonds. The third-order valence-electron chi connectivity index (χ3n) is 3.07. The maximum absolute atomic E-state index is 11.8. The Bertz CT molecular complexity index is 186. The van der Waals surface area contributed by atoms with Gasteiger partial charge in [0, 0.05) is 6.04 Å². The lowest BCUT2D eigenvalue weighted by atomic mass is 9.92. The van der Waals surface area contributed by atoms with Crippen LogP contribution in [0.3, 0.4) is 0 Å². The minimum Gasteiger partial charge on any atom is -0.352 e. The molecule has 0 aliphatic rings. The van der Waals surface area contributed by atoms with Crippen molar-refractivity contribution in [3.63, 3.8) is 0 Å². The minimum absolute atomic E-state index is 0.0244. The van der Waals surface area contributed by atoms with Crippen LogP contribution in [0.25, 0.3) is 0 Å². The molecule has 3 heteroatoms. The summed E-state index contributed by atoms with van der Waals surface area (Å²) < 4.78 is 0. The smallest absolute Gasteiger partial charge is 0.240 e. The molecule has 0 spiro atoms. The second kappa shape index (κ2) is 5.35. The van der Waals surface area contributed by atoms with E-state index < -0.39 is 5.54 Å². The van der Waals surface area contributed by atoms with E-state index in [1.54, 1.807) is 0 Å². The standard InChI is InChI=1S/C11H24N2O/c1-6-11(12,7-2)10(14)13-9(5)8(3)4/h8-9H,6-7,12H2,1-5H3,(H,13,14). The van der Waals surface area contributed by atoms with Gasteiger partial charge in [-0.2, -0.15) is 0 Å². The summed E-state index contributed by atoms with van der Waals surface area (Å²) >= 11 is 0. The topological polar surface area (TPSA) is 55.1 Å². The Morgan fingerprint density at radius 1 is 1.29 bits per heavy atom. The molecule has 0 rings (SSSR count). The van der Waals surface area contributed by atoms with Gasteiger partial charge in [-0.15, -0.1) is 0 Å². The van der Waals surface area contributed by atoms with Crippen LogP contribution in [0, 0.1) is 5.92 Å². The van der Waals surface area contributed by atoms with Crippen molar-refractivity contribution in [3.05, 3.63) is 0 Å². The number of rotatable bonds is 5. The molecule has 0 saturated carbocycles. The third-order valence-corrected chi connectivity index (χ3v) is 3.07. The van der Waals surface area contributed by atoms with Crippen LogP contribution >= 0.6 is 0 Å². The van der Waals surface area contributed by atoms with Crippen LogP contribution in [-0.2, 0) is 4.79 Å². The van der Waals surface area contributed by atoms with Crippen molar-refractivity contribution in [2.24, 2.45) is 11.7 Å². The molecule has 0 bridgehead atoms. The molecule has 14 heavy (non-hydrogen) atoms. The predicted octanol–water partition coefficient (Wildman–Crippen LogP) is 1.66. The Hall–Kier alpha value is -0.570. The molecule has 0 fully saturated rings. The third kappa shape index (κ3) is 3.29. The number of nitrogens with one attached hydrogen (secondary N) is 1. The molecule has 3 nitrogen and oxygen atoms in total. The highest BCUT2D eigenvalue weighted by Crippen LogP contribution is 2.12. The zero-order valence-electron chi connectivity index (χ0n) is 10.1. The summed E-state index contributed by atoms with van der Waals surface area (Å²) in [7, 11) is 0. The van der Waals surface area contributed by atoms with Gasteiger partial charge < -0.3 is 11.1 Å². The van der Waals surface area contributed by atoms with Gasteiger partial charge in [0.05, 0.1) is 5.54 Å². The van der Waals surface area contributed by atoms with E-state index in [2.05, 4.69) is 19.2 Å². The molecule has 0 aliphatic carbocycles. The van der Waals surface area contributed by atoms with Crippen molar-refractivity contribution in [1.82, 2.24) is 5.32 Å². The quantitative estimate of drug-likeness (QED) is 0.709. The average Bonchev–Trinajstić information content (AvgIpc) is 2.16. The van der Waals surface area contributed by atoms with E-state index >= 15 is 0 Å². The number of amides is 1. The maximum Gasteiger partial charge on any atom is 0.240 e. The van der Waals surface area contributed by atoms with Gasteiger partial charge in [0.2, 0.25) is 5.91 Å². The fourth-order valence-electron chi connectivity index (χ4n) is 1.09. The lowest BCUT2D eigenvalue weighted by Gasteiger charge is -2.28. The van der Waals surface area contributed by atoms with Crippen molar-refractivity contribution in [2.75, 3.05) is 0 Å². The highest BCUT2D eigenvalue weighted by atomic mass is 16.2. The first-order chi connectivity index (χ1) is 6.37. The first-order valence-electron chi connectivity index (χ1n) is 5.47. The van der Waals surface area contributed by atoms with Gasteiger partial charge in [-0.05, 0) is 25.7 Å². The molecule has 0 aromatic heterocycles. The summed E-state index contributed by atoms with van der Waals surface area (Å²) in [6.07, 6.45) is 1.36. The van der Waals surface area contributed by atoms with E-state index in [1.807, 2.05) is 20.8 Å². The summed E-state index contributed by atoms with van der Waals surface area (Å²) in [6, 6.07) is 0.184. The van der Waals surface area contributed by atoms with Crippen molar-refractivity contribution < 1.29 is 4.79 Å². The normalized spacial score (nSPS) is 14.2. The maximum atomic E-state index is 11.8. The number of carbonyl (C=O) groups is 1. The molecular formula is C11H24N2O. The fraction of sp³-hybridized carbons (Fsp3) is 0.909. The molecule has 0 radical (unpaired) electrons. The van der Waals surface area contributed by atoms with Gasteiger partial charge >= 0.3 is 0 Å². The van der Waals surface area contributed by atoms with Crippen LogP contribution in [0.1, 0.15) is 47.5 Å². The SMILES string of the molecule is CCC(N)(CC)C(=O)NC(C)C(C)C. The van der Waals surface area contributed by atoms with E-state index in [0.717, 1.165) is 0 Å². The van der Waals surface area contributed by atoms with E-state index in [9.17, 15) is 4.79 Å². The van der Waals surface area contributed by atoms with Gasteiger partial charge in [0.15, 0.2) is 0 Å². The molecule has 84 valence electrons. The molecular weight excluding hydrogens is 176 g/mol. The lowest BCUT2D eigenvalue weighted by molar-refractivity contribution is -0.127. The summed E-state index contributed by atoms with van der Waals surface area (Å²) in [5.41, 5.74) is 5.29. The molecule has 0 aromatic rings. The Kier molecular flexibility index (Phi) is 5.13. The molecule has 1 unspecified atom stereocenters. The Labute approximate surface area is 87.4 Å². The van der Waals surface area contributed by atoms with E-state index in [1.165, 1.54) is 0 Å². The highest BCUT2D eigenvalue weighted by Gasteiger charge is 2.30. The van der Waals surface area contributed by atoms with Gasteiger partial charge in [-0.25, -0.2) is 0 Å². The van der Waals surface area contributed by atoms with Crippen LogP contribution in [0.15, 0.2) is 0 Å². The van der Waals surface area contributed by atoms with E-state index in [0.29, 0.717) is 18.8 Å². The van der Waals surface area contributed by atoms with Crippen molar-refractivity contribution in [2.45, 2.75) is 59.0 Å². The molecule has 1 atom stereocenters. The van der Waals surface area contributed by atoms with Crippen LogP contribution in [-0.4, -0.2) is 17.5 Å². The molecule has 0 aliphatic heterocycles. The van der Waals surface area contributed by atoms with Crippen LogP contribution in [0.2, 0.25) is 0 Å². The van der Waals surface area contributed by atoms with Gasteiger partial charge in [0.1, 0.15) is 0 Å². The Morgan fingerprint density at radius 3 is 2.00 bits per heavy atom. The first-order valence-corrected chi connectivity index (χ1v) is 5.47. The van der Waals surface area contributed by atoms with Gasteiger partial charge in [-0.1, -0.05) is 27.7 Å². The van der Waals surface area contributed by atoms with Crippen molar-refractivity contribution >= 4 is 5.91 Å². The highest BCUT2D eigenvalue weighted by molar-refractivity contribution is 5.86. The largest absolute Gasteiger partial charge is 0.352 e.